The first-order valence-corrected chi connectivity index (χ1v) is 8.71. The molecule has 1 heterocycles. The Morgan fingerprint density at radius 1 is 1.42 bits per heavy atom. The van der Waals surface area contributed by atoms with Crippen molar-refractivity contribution in [1.29, 1.82) is 0 Å². The molecule has 0 saturated heterocycles. The second-order valence-electron chi connectivity index (χ2n) is 6.52. The third-order valence-electron chi connectivity index (χ3n) is 4.99. The van der Waals surface area contributed by atoms with Crippen LogP contribution in [-0.4, -0.2) is 27.2 Å². The summed E-state index contributed by atoms with van der Waals surface area (Å²) in [5, 5.41) is 9.59. The zero-order valence-corrected chi connectivity index (χ0v) is 15.0. The van der Waals surface area contributed by atoms with Gasteiger partial charge < -0.3 is 9.88 Å². The number of carbonyl (C=O) groups is 1. The van der Waals surface area contributed by atoms with Gasteiger partial charge in [0.2, 0.25) is 5.91 Å². The molecular weight excluding hydrogens is 365 g/mol. The summed E-state index contributed by atoms with van der Waals surface area (Å²) in [6.07, 6.45) is -2.03. The van der Waals surface area contributed by atoms with Crippen LogP contribution >= 0.6 is 12.2 Å². The summed E-state index contributed by atoms with van der Waals surface area (Å²) in [6.45, 7) is 0.340. The van der Waals surface area contributed by atoms with Gasteiger partial charge >= 0.3 is 6.18 Å². The van der Waals surface area contributed by atoms with Crippen LogP contribution in [0.3, 0.4) is 0 Å². The molecule has 9 heteroatoms. The van der Waals surface area contributed by atoms with Gasteiger partial charge in [-0.25, -0.2) is 0 Å². The van der Waals surface area contributed by atoms with Crippen molar-refractivity contribution in [3.63, 3.8) is 0 Å². The number of benzene rings is 1. The van der Waals surface area contributed by atoms with E-state index in [1.165, 1.54) is 6.07 Å². The van der Waals surface area contributed by atoms with Crippen LogP contribution in [0, 0.1) is 4.77 Å². The van der Waals surface area contributed by atoms with Gasteiger partial charge in [0.25, 0.3) is 0 Å². The fourth-order valence-corrected chi connectivity index (χ4v) is 3.38. The van der Waals surface area contributed by atoms with E-state index < -0.39 is 17.2 Å². The summed E-state index contributed by atoms with van der Waals surface area (Å²) in [7, 11) is 1.78. The number of hydrogen-bond donors (Lipinski definition) is 2. The van der Waals surface area contributed by atoms with E-state index in [1.807, 2.05) is 0 Å². The van der Waals surface area contributed by atoms with Crippen LogP contribution in [-0.2, 0) is 29.9 Å². The Labute approximate surface area is 153 Å². The van der Waals surface area contributed by atoms with Crippen molar-refractivity contribution >= 4 is 18.1 Å². The minimum Gasteiger partial charge on any atom is -0.355 e. The Morgan fingerprint density at radius 3 is 2.69 bits per heavy atom. The first-order valence-electron chi connectivity index (χ1n) is 8.30. The summed E-state index contributed by atoms with van der Waals surface area (Å²) in [6, 6.07) is 5.08. The third-order valence-corrected chi connectivity index (χ3v) is 5.36. The number of hydrogen-bond acceptors (Lipinski definition) is 3. The largest absolute Gasteiger partial charge is 0.416 e. The Hall–Kier alpha value is -2.16. The van der Waals surface area contributed by atoms with Crippen molar-refractivity contribution in [2.75, 3.05) is 6.54 Å². The quantitative estimate of drug-likeness (QED) is 0.778. The maximum atomic E-state index is 13.0. The summed E-state index contributed by atoms with van der Waals surface area (Å²) in [5.41, 5.74) is -1.18. The number of rotatable bonds is 5. The average Bonchev–Trinajstić information content (AvgIpc) is 2.85. The normalized spacial score (nSPS) is 16.2. The molecule has 2 aromatic rings. The van der Waals surface area contributed by atoms with Crippen LogP contribution in [0.4, 0.5) is 13.2 Å². The second-order valence-corrected chi connectivity index (χ2v) is 6.91. The third kappa shape index (κ3) is 3.40. The predicted octanol–water partition coefficient (Wildman–Crippen LogP) is 3.28. The SMILES string of the molecule is Cn1c(CCNC(=O)C2(c3cccc(C(F)(F)F)c3)CCC2)n[nH]c1=S. The molecule has 1 aromatic heterocycles. The molecule has 1 amide bonds. The number of amides is 1. The van der Waals surface area contributed by atoms with Gasteiger partial charge in [0.05, 0.1) is 11.0 Å². The van der Waals surface area contributed by atoms with Crippen LogP contribution in [0.1, 0.15) is 36.2 Å². The number of aromatic nitrogens is 3. The van der Waals surface area contributed by atoms with Gasteiger partial charge in [0, 0.05) is 20.0 Å². The van der Waals surface area contributed by atoms with Crippen LogP contribution in [0.2, 0.25) is 0 Å². The van der Waals surface area contributed by atoms with Crippen molar-refractivity contribution in [2.45, 2.75) is 37.3 Å². The van der Waals surface area contributed by atoms with Gasteiger partial charge in [-0.3, -0.25) is 9.89 Å². The molecule has 1 aliphatic rings. The Bertz CT molecular complexity index is 867. The lowest BCUT2D eigenvalue weighted by Crippen LogP contribution is -2.49. The molecule has 5 nitrogen and oxygen atoms in total. The standard InChI is InChI=1S/C17H19F3N4OS/c1-24-13(22-23-15(24)26)6-9-21-14(25)16(7-3-8-16)11-4-2-5-12(10-11)17(18,19)20/h2,4-5,10H,3,6-9H2,1H3,(H,21,25)(H,23,26). The lowest BCUT2D eigenvalue weighted by atomic mass is 9.63. The number of nitrogens with one attached hydrogen (secondary N) is 2. The number of aromatic amines is 1. The number of halogens is 3. The lowest BCUT2D eigenvalue weighted by molar-refractivity contribution is -0.138. The van der Waals surface area contributed by atoms with Crippen molar-refractivity contribution in [1.82, 2.24) is 20.1 Å². The minimum atomic E-state index is -4.42. The fourth-order valence-electron chi connectivity index (χ4n) is 3.23. The van der Waals surface area contributed by atoms with E-state index in [9.17, 15) is 18.0 Å². The van der Waals surface area contributed by atoms with Crippen molar-refractivity contribution in [2.24, 2.45) is 7.05 Å². The molecular formula is C17H19F3N4OS. The first-order chi connectivity index (χ1) is 12.2. The highest BCUT2D eigenvalue weighted by Gasteiger charge is 2.46. The van der Waals surface area contributed by atoms with E-state index in [-0.39, 0.29) is 5.91 Å². The first kappa shape index (κ1) is 18.6. The van der Waals surface area contributed by atoms with Gasteiger partial charge in [-0.1, -0.05) is 24.6 Å². The van der Waals surface area contributed by atoms with Gasteiger partial charge in [0.15, 0.2) is 4.77 Å². The highest BCUT2D eigenvalue weighted by atomic mass is 32.1. The van der Waals surface area contributed by atoms with Gasteiger partial charge in [-0.15, -0.1) is 0 Å². The molecule has 1 aromatic carbocycles. The molecule has 0 atom stereocenters. The molecule has 0 unspecified atom stereocenters. The summed E-state index contributed by atoms with van der Waals surface area (Å²) >= 11 is 5.03. The van der Waals surface area contributed by atoms with E-state index in [0.29, 0.717) is 42.0 Å². The van der Waals surface area contributed by atoms with Gasteiger partial charge in [-0.05, 0) is 36.7 Å². The highest BCUT2D eigenvalue weighted by Crippen LogP contribution is 2.45. The molecule has 1 aliphatic carbocycles. The van der Waals surface area contributed by atoms with Gasteiger partial charge in [0.1, 0.15) is 5.82 Å². The van der Waals surface area contributed by atoms with Crippen LogP contribution in [0.15, 0.2) is 24.3 Å². The average molecular weight is 384 g/mol. The Balaban J connectivity index is 1.72. The van der Waals surface area contributed by atoms with E-state index in [2.05, 4.69) is 15.5 Å². The van der Waals surface area contributed by atoms with Crippen molar-refractivity contribution < 1.29 is 18.0 Å². The Morgan fingerprint density at radius 2 is 2.15 bits per heavy atom. The minimum absolute atomic E-state index is 0.236. The summed E-state index contributed by atoms with van der Waals surface area (Å²) < 4.78 is 41.2. The maximum absolute atomic E-state index is 13.0. The molecule has 1 saturated carbocycles. The monoisotopic (exact) mass is 384 g/mol. The summed E-state index contributed by atoms with van der Waals surface area (Å²) in [5.74, 6) is 0.469. The summed E-state index contributed by atoms with van der Waals surface area (Å²) in [4.78, 5) is 12.7. The zero-order chi connectivity index (χ0) is 18.9. The van der Waals surface area contributed by atoms with Crippen LogP contribution in [0.25, 0.3) is 0 Å². The molecule has 140 valence electrons. The predicted molar refractivity (Wildman–Crippen MR) is 92.1 cm³/mol. The molecule has 0 aliphatic heterocycles. The van der Waals surface area contributed by atoms with Crippen LogP contribution < -0.4 is 5.32 Å². The highest BCUT2D eigenvalue weighted by molar-refractivity contribution is 7.71. The number of nitrogens with zero attached hydrogens (tertiary/aromatic N) is 2. The van der Waals surface area contributed by atoms with Gasteiger partial charge in [-0.2, -0.15) is 18.3 Å². The van der Waals surface area contributed by atoms with E-state index >= 15 is 0 Å². The van der Waals surface area contributed by atoms with E-state index in [1.54, 1.807) is 17.7 Å². The molecule has 26 heavy (non-hydrogen) atoms. The van der Waals surface area contributed by atoms with Crippen LogP contribution in [0.5, 0.6) is 0 Å². The smallest absolute Gasteiger partial charge is 0.355 e. The molecule has 2 N–H and O–H groups in total. The zero-order valence-electron chi connectivity index (χ0n) is 14.2. The molecule has 3 rings (SSSR count). The second kappa shape index (κ2) is 6.86. The number of carbonyl (C=O) groups excluding carboxylic acids is 1. The topological polar surface area (TPSA) is 62.7 Å². The lowest BCUT2D eigenvalue weighted by Gasteiger charge is -2.41. The number of H-pyrrole nitrogens is 1. The fraction of sp³-hybridized carbons (Fsp3) is 0.471. The number of alkyl halides is 3. The molecule has 1 fully saturated rings. The van der Waals surface area contributed by atoms with E-state index in [4.69, 9.17) is 12.2 Å². The van der Waals surface area contributed by atoms with E-state index in [0.717, 1.165) is 18.6 Å². The Kier molecular flexibility index (Phi) is 4.92. The molecule has 0 spiro atoms. The maximum Gasteiger partial charge on any atom is 0.416 e. The molecule has 0 radical (unpaired) electrons. The van der Waals surface area contributed by atoms with Crippen molar-refractivity contribution in [3.8, 4) is 0 Å². The molecule has 0 bridgehead atoms. The van der Waals surface area contributed by atoms with Crippen molar-refractivity contribution in [3.05, 3.63) is 46.0 Å².